The Hall–Kier alpha value is -2.35. The minimum atomic E-state index is -4.46. The molecule has 1 atom stereocenters. The second-order valence-corrected chi connectivity index (χ2v) is 12.9. The largest absolute Gasteiger partial charge is 0.506 e. The van der Waals surface area contributed by atoms with Crippen LogP contribution in [0.1, 0.15) is 45.0 Å². The Morgan fingerprint density at radius 3 is 2.68 bits per heavy atom. The number of carbonyl (C=O) groups excluding carboxylic acids is 2. The van der Waals surface area contributed by atoms with E-state index in [0.717, 1.165) is 23.3 Å². The lowest BCUT2D eigenvalue weighted by molar-refractivity contribution is -0.137. The molecule has 1 saturated heterocycles. The lowest BCUT2D eigenvalue weighted by Gasteiger charge is -2.24. The normalized spacial score (nSPS) is 15.9. The van der Waals surface area contributed by atoms with Crippen LogP contribution < -0.4 is 0 Å². The Morgan fingerprint density at radius 2 is 2.02 bits per heavy atom. The van der Waals surface area contributed by atoms with E-state index in [0.29, 0.717) is 51.1 Å². The maximum absolute atomic E-state index is 13.3. The van der Waals surface area contributed by atoms with Gasteiger partial charge in [-0.3, -0.25) is 4.79 Å². The zero-order valence-corrected chi connectivity index (χ0v) is 26.3. The van der Waals surface area contributed by atoms with Crippen molar-refractivity contribution in [2.24, 2.45) is 7.05 Å². The van der Waals surface area contributed by atoms with E-state index in [1.54, 1.807) is 24.0 Å². The van der Waals surface area contributed by atoms with E-state index in [2.05, 4.69) is 15.9 Å². The van der Waals surface area contributed by atoms with E-state index in [4.69, 9.17) is 4.74 Å². The van der Waals surface area contributed by atoms with E-state index >= 15 is 0 Å². The molecule has 1 aliphatic rings. The van der Waals surface area contributed by atoms with Crippen LogP contribution in [0.2, 0.25) is 0 Å². The monoisotopic (exact) mass is 673 g/mol. The highest BCUT2D eigenvalue weighted by Gasteiger charge is 2.35. The molecule has 3 aromatic rings. The van der Waals surface area contributed by atoms with Gasteiger partial charge in [0.1, 0.15) is 11.1 Å². The van der Waals surface area contributed by atoms with Crippen LogP contribution in [0.5, 0.6) is 5.75 Å². The maximum Gasteiger partial charge on any atom is 0.416 e. The number of aryl methyl sites for hydroxylation is 1. The van der Waals surface area contributed by atoms with Crippen LogP contribution in [0, 0.1) is 0 Å². The van der Waals surface area contributed by atoms with E-state index in [1.807, 2.05) is 30.6 Å². The number of phenolic OH excluding ortho intramolecular Hbond substituents is 1. The molecule has 1 aromatic heterocycles. The first-order chi connectivity index (χ1) is 19.3. The molecule has 0 saturated carbocycles. The number of hydrogen-bond acceptors (Lipinski definition) is 7. The van der Waals surface area contributed by atoms with Gasteiger partial charge in [0.2, 0.25) is 5.91 Å². The SMILES string of the molecule is CCOC(=O)c1c(CSCCN2C(=O)CSC2c2cccc(C(F)(F)F)c2)n(C)c2cc(Br)c(O)c(CN(C)C)c12. The topological polar surface area (TPSA) is 75.0 Å². The molecule has 13 heteroatoms. The number of fused-ring (bicyclic) bond motifs is 1. The number of benzene rings is 2. The van der Waals surface area contributed by atoms with Crippen molar-refractivity contribution in [3.63, 3.8) is 0 Å². The zero-order chi connectivity index (χ0) is 30.1. The molecule has 7 nitrogen and oxygen atoms in total. The molecule has 222 valence electrons. The molecule has 0 bridgehead atoms. The molecule has 1 fully saturated rings. The number of alkyl halides is 3. The molecule has 2 aromatic carbocycles. The standard InChI is InChI=1S/C28H31BrF3N3O4S2/c1-5-39-27(38)24-21(34(4)20-12-19(29)25(37)18(23(20)24)13-33(2)3)14-40-10-9-35-22(36)15-41-26(35)16-7-6-8-17(11-16)28(30,31)32/h6-8,11-12,26,37H,5,9-10,13-15H2,1-4H3. The Kier molecular flexibility index (Phi) is 9.93. The van der Waals surface area contributed by atoms with Crippen molar-refractivity contribution in [2.45, 2.75) is 30.8 Å². The van der Waals surface area contributed by atoms with Gasteiger partial charge in [-0.1, -0.05) is 12.1 Å². The fourth-order valence-corrected chi connectivity index (χ4v) is 7.58. The predicted molar refractivity (Wildman–Crippen MR) is 160 cm³/mol. The van der Waals surface area contributed by atoms with Gasteiger partial charge in [0.15, 0.2) is 0 Å². The van der Waals surface area contributed by atoms with Crippen LogP contribution in [-0.4, -0.2) is 70.1 Å². The first-order valence-electron chi connectivity index (χ1n) is 12.8. The lowest BCUT2D eigenvalue weighted by atomic mass is 10.0. The average Bonchev–Trinajstić information content (AvgIpc) is 3.41. The summed E-state index contributed by atoms with van der Waals surface area (Å²) in [6.45, 7) is 2.67. The molecule has 41 heavy (non-hydrogen) atoms. The molecule has 1 aliphatic heterocycles. The van der Waals surface area contributed by atoms with Gasteiger partial charge in [0.25, 0.3) is 0 Å². The first-order valence-corrected chi connectivity index (χ1v) is 15.8. The van der Waals surface area contributed by atoms with Crippen LogP contribution in [0.3, 0.4) is 0 Å². The van der Waals surface area contributed by atoms with Crippen LogP contribution in [0.4, 0.5) is 13.2 Å². The van der Waals surface area contributed by atoms with Gasteiger partial charge in [-0.25, -0.2) is 4.79 Å². The highest BCUT2D eigenvalue weighted by molar-refractivity contribution is 9.10. The van der Waals surface area contributed by atoms with E-state index in [-0.39, 0.29) is 24.0 Å². The molecular weight excluding hydrogens is 643 g/mol. The fraction of sp³-hybridized carbons (Fsp3) is 0.429. The molecule has 1 amide bonds. The number of hydrogen-bond donors (Lipinski definition) is 1. The van der Waals surface area contributed by atoms with Crippen molar-refractivity contribution in [2.75, 3.05) is 38.8 Å². The van der Waals surface area contributed by atoms with Crippen molar-refractivity contribution < 1.29 is 32.6 Å². The number of rotatable bonds is 10. The van der Waals surface area contributed by atoms with Gasteiger partial charge in [-0.05, 0) is 60.7 Å². The summed E-state index contributed by atoms with van der Waals surface area (Å²) in [5, 5.41) is 11.0. The minimum absolute atomic E-state index is 0.0623. The van der Waals surface area contributed by atoms with Crippen LogP contribution in [-0.2, 0) is 35.1 Å². The molecule has 0 spiro atoms. The van der Waals surface area contributed by atoms with Gasteiger partial charge in [-0.15, -0.1) is 11.8 Å². The van der Waals surface area contributed by atoms with Crippen molar-refractivity contribution in [3.8, 4) is 5.75 Å². The summed E-state index contributed by atoms with van der Waals surface area (Å²) in [5.41, 5.74) is 2.19. The third kappa shape index (κ3) is 6.68. The van der Waals surface area contributed by atoms with Crippen molar-refractivity contribution in [1.29, 1.82) is 0 Å². The van der Waals surface area contributed by atoms with E-state index in [9.17, 15) is 27.9 Å². The Morgan fingerprint density at radius 1 is 1.29 bits per heavy atom. The molecule has 0 aliphatic carbocycles. The number of aromatic nitrogens is 1. The molecule has 0 radical (unpaired) electrons. The zero-order valence-electron chi connectivity index (χ0n) is 23.0. The van der Waals surface area contributed by atoms with Gasteiger partial charge in [0, 0.05) is 48.3 Å². The number of nitrogens with zero attached hydrogens (tertiary/aromatic N) is 3. The number of aromatic hydroxyl groups is 1. The quantitative estimate of drug-likeness (QED) is 0.197. The Balaban J connectivity index is 1.58. The summed E-state index contributed by atoms with van der Waals surface area (Å²) in [7, 11) is 5.61. The second-order valence-electron chi connectivity index (χ2n) is 9.84. The number of esters is 1. The minimum Gasteiger partial charge on any atom is -0.506 e. The third-order valence-electron chi connectivity index (χ3n) is 6.77. The smallest absolute Gasteiger partial charge is 0.416 e. The third-order valence-corrected chi connectivity index (χ3v) is 9.58. The Bertz CT molecular complexity index is 1460. The average molecular weight is 675 g/mol. The second kappa shape index (κ2) is 12.9. The number of phenols is 1. The Labute approximate surface area is 253 Å². The number of thioether (sulfide) groups is 2. The highest BCUT2D eigenvalue weighted by Crippen LogP contribution is 2.42. The maximum atomic E-state index is 13.3. The van der Waals surface area contributed by atoms with Gasteiger partial charge < -0.3 is 24.2 Å². The number of ether oxygens (including phenoxy) is 1. The number of halogens is 4. The van der Waals surface area contributed by atoms with Crippen LogP contribution >= 0.6 is 39.5 Å². The van der Waals surface area contributed by atoms with E-state index in [1.165, 1.54) is 29.6 Å². The summed E-state index contributed by atoms with van der Waals surface area (Å²) in [6.07, 6.45) is -4.46. The molecule has 1 N–H and O–H groups in total. The molecule has 2 heterocycles. The summed E-state index contributed by atoms with van der Waals surface area (Å²) in [5.74, 6) is 0.587. The molecular formula is C28H31BrF3N3O4S2. The predicted octanol–water partition coefficient (Wildman–Crippen LogP) is 6.41. The summed E-state index contributed by atoms with van der Waals surface area (Å²) in [4.78, 5) is 29.4. The lowest BCUT2D eigenvalue weighted by Crippen LogP contribution is -2.30. The van der Waals surface area contributed by atoms with Crippen LogP contribution in [0.15, 0.2) is 34.8 Å². The van der Waals surface area contributed by atoms with Crippen molar-refractivity contribution in [3.05, 3.63) is 62.8 Å². The number of carbonyl (C=O) groups is 2. The van der Waals surface area contributed by atoms with Crippen molar-refractivity contribution >= 4 is 62.2 Å². The number of amides is 1. The highest BCUT2D eigenvalue weighted by atomic mass is 79.9. The molecule has 4 rings (SSSR count). The van der Waals surface area contributed by atoms with Gasteiger partial charge >= 0.3 is 12.1 Å². The first kappa shape index (κ1) is 31.6. The van der Waals surface area contributed by atoms with E-state index < -0.39 is 23.1 Å². The van der Waals surface area contributed by atoms with Gasteiger partial charge in [0.05, 0.1) is 33.5 Å². The van der Waals surface area contributed by atoms with Gasteiger partial charge in [-0.2, -0.15) is 24.9 Å². The molecule has 1 unspecified atom stereocenters. The fourth-order valence-electron chi connectivity index (χ4n) is 4.91. The van der Waals surface area contributed by atoms with Crippen LogP contribution in [0.25, 0.3) is 10.9 Å². The summed E-state index contributed by atoms with van der Waals surface area (Å²) in [6, 6.07) is 6.90. The summed E-state index contributed by atoms with van der Waals surface area (Å²) < 4.78 is 47.7. The summed E-state index contributed by atoms with van der Waals surface area (Å²) >= 11 is 6.26. The van der Waals surface area contributed by atoms with Crippen molar-refractivity contribution in [1.82, 2.24) is 14.4 Å².